The molecular weight excluding hydrogens is 202 g/mol. The lowest BCUT2D eigenvalue weighted by molar-refractivity contribution is -0.143. The first-order valence-corrected chi connectivity index (χ1v) is 5.70. The van der Waals surface area contributed by atoms with E-state index in [1.54, 1.807) is 0 Å². The topological polar surface area (TPSA) is 49.3 Å². The van der Waals surface area contributed by atoms with Gasteiger partial charge in [0.15, 0.2) is 0 Å². The van der Waals surface area contributed by atoms with Crippen molar-refractivity contribution in [2.24, 2.45) is 5.92 Å². The second kappa shape index (κ2) is 4.66. The summed E-state index contributed by atoms with van der Waals surface area (Å²) in [6, 6.07) is 8.36. The Morgan fingerprint density at radius 2 is 2.19 bits per heavy atom. The molecule has 1 heterocycles. The van der Waals surface area contributed by atoms with Gasteiger partial charge >= 0.3 is 5.97 Å². The van der Waals surface area contributed by atoms with Gasteiger partial charge in [-0.2, -0.15) is 0 Å². The summed E-state index contributed by atoms with van der Waals surface area (Å²) in [5.41, 5.74) is 2.46. The van der Waals surface area contributed by atoms with Crippen LogP contribution >= 0.6 is 0 Å². The predicted molar refractivity (Wildman–Crippen MR) is 62.3 cm³/mol. The highest BCUT2D eigenvalue weighted by atomic mass is 16.4. The van der Waals surface area contributed by atoms with Gasteiger partial charge in [0.25, 0.3) is 0 Å². The molecule has 3 heteroatoms. The van der Waals surface area contributed by atoms with Crippen LogP contribution in [0.25, 0.3) is 0 Å². The van der Waals surface area contributed by atoms with Gasteiger partial charge in [-0.3, -0.25) is 4.79 Å². The highest BCUT2D eigenvalue weighted by Crippen LogP contribution is 2.29. The lowest BCUT2D eigenvalue weighted by Crippen LogP contribution is -2.35. The van der Waals surface area contributed by atoms with E-state index in [1.165, 1.54) is 11.1 Å². The average molecular weight is 219 g/mol. The van der Waals surface area contributed by atoms with E-state index < -0.39 is 5.97 Å². The molecule has 16 heavy (non-hydrogen) atoms. The second-order valence-corrected chi connectivity index (χ2v) is 4.42. The third-order valence-electron chi connectivity index (χ3n) is 3.32. The van der Waals surface area contributed by atoms with Crippen molar-refractivity contribution in [3.63, 3.8) is 0 Å². The Hall–Kier alpha value is -1.35. The lowest BCUT2D eigenvalue weighted by atomic mass is 9.87. The number of piperidine rings is 1. The van der Waals surface area contributed by atoms with Gasteiger partial charge in [-0.25, -0.2) is 0 Å². The SMILES string of the molecule is Cc1ccccc1C1CC(C(=O)O)CCN1. The number of carbonyl (C=O) groups is 1. The van der Waals surface area contributed by atoms with E-state index in [0.29, 0.717) is 6.42 Å². The van der Waals surface area contributed by atoms with E-state index in [4.69, 9.17) is 5.11 Å². The van der Waals surface area contributed by atoms with Crippen LogP contribution in [0.1, 0.15) is 30.0 Å². The summed E-state index contributed by atoms with van der Waals surface area (Å²) in [4.78, 5) is 11.0. The van der Waals surface area contributed by atoms with Crippen molar-refractivity contribution in [1.29, 1.82) is 0 Å². The highest BCUT2D eigenvalue weighted by molar-refractivity contribution is 5.70. The number of aryl methyl sites for hydroxylation is 1. The molecule has 1 aromatic carbocycles. The van der Waals surface area contributed by atoms with Gasteiger partial charge in [0.05, 0.1) is 5.92 Å². The fraction of sp³-hybridized carbons (Fsp3) is 0.462. The molecule has 2 unspecified atom stereocenters. The zero-order chi connectivity index (χ0) is 11.5. The molecule has 0 aromatic heterocycles. The monoisotopic (exact) mass is 219 g/mol. The minimum atomic E-state index is -0.667. The third kappa shape index (κ3) is 2.25. The third-order valence-corrected chi connectivity index (χ3v) is 3.32. The maximum absolute atomic E-state index is 11.0. The molecule has 1 fully saturated rings. The molecule has 1 aliphatic rings. The number of nitrogens with one attached hydrogen (secondary N) is 1. The maximum atomic E-state index is 11.0. The zero-order valence-electron chi connectivity index (χ0n) is 9.44. The molecule has 1 aliphatic heterocycles. The van der Waals surface area contributed by atoms with Crippen LogP contribution in [-0.2, 0) is 4.79 Å². The molecule has 0 bridgehead atoms. The summed E-state index contributed by atoms with van der Waals surface area (Å²) in [7, 11) is 0. The predicted octanol–water partition coefficient (Wildman–Crippen LogP) is 2.12. The van der Waals surface area contributed by atoms with E-state index in [-0.39, 0.29) is 12.0 Å². The number of carboxylic acid groups (broad SMARTS) is 1. The van der Waals surface area contributed by atoms with Crippen LogP contribution in [0.5, 0.6) is 0 Å². The van der Waals surface area contributed by atoms with Crippen LogP contribution in [0.3, 0.4) is 0 Å². The Labute approximate surface area is 95.5 Å². The number of aliphatic carboxylic acids is 1. The number of carboxylic acids is 1. The van der Waals surface area contributed by atoms with Crippen molar-refractivity contribution in [2.75, 3.05) is 6.54 Å². The minimum absolute atomic E-state index is 0.191. The normalized spacial score (nSPS) is 25.3. The fourth-order valence-corrected chi connectivity index (χ4v) is 2.36. The summed E-state index contributed by atoms with van der Waals surface area (Å²) in [6.45, 7) is 2.86. The Morgan fingerprint density at radius 1 is 1.44 bits per heavy atom. The quantitative estimate of drug-likeness (QED) is 0.801. The first kappa shape index (κ1) is 11.1. The Balaban J connectivity index is 2.16. The second-order valence-electron chi connectivity index (χ2n) is 4.42. The van der Waals surface area contributed by atoms with Crippen molar-refractivity contribution in [3.05, 3.63) is 35.4 Å². The van der Waals surface area contributed by atoms with E-state index in [0.717, 1.165) is 13.0 Å². The standard InChI is InChI=1S/C13H17NO2/c1-9-4-2-3-5-11(9)12-8-10(13(15)16)6-7-14-12/h2-5,10,12,14H,6-8H2,1H3,(H,15,16). The molecule has 0 amide bonds. The minimum Gasteiger partial charge on any atom is -0.481 e. The Bertz CT molecular complexity index is 389. The summed E-state index contributed by atoms with van der Waals surface area (Å²) < 4.78 is 0. The maximum Gasteiger partial charge on any atom is 0.306 e. The summed E-state index contributed by atoms with van der Waals surface area (Å²) in [5, 5.41) is 12.4. The number of rotatable bonds is 2. The van der Waals surface area contributed by atoms with Gasteiger partial charge in [-0.15, -0.1) is 0 Å². The lowest BCUT2D eigenvalue weighted by Gasteiger charge is -2.29. The number of hydrogen-bond donors (Lipinski definition) is 2. The van der Waals surface area contributed by atoms with E-state index in [2.05, 4.69) is 24.4 Å². The smallest absolute Gasteiger partial charge is 0.306 e. The van der Waals surface area contributed by atoms with Crippen LogP contribution in [0.4, 0.5) is 0 Å². The average Bonchev–Trinajstić information content (AvgIpc) is 2.30. The first-order valence-electron chi connectivity index (χ1n) is 5.70. The molecule has 2 N–H and O–H groups in total. The van der Waals surface area contributed by atoms with Crippen LogP contribution < -0.4 is 5.32 Å². The van der Waals surface area contributed by atoms with Gasteiger partial charge in [-0.05, 0) is 37.4 Å². The van der Waals surface area contributed by atoms with Crippen LogP contribution in [0.2, 0.25) is 0 Å². The molecule has 3 nitrogen and oxygen atoms in total. The van der Waals surface area contributed by atoms with Gasteiger partial charge in [-0.1, -0.05) is 24.3 Å². The number of benzene rings is 1. The molecule has 2 atom stereocenters. The van der Waals surface area contributed by atoms with Gasteiger partial charge in [0, 0.05) is 6.04 Å². The molecule has 2 rings (SSSR count). The molecule has 86 valence electrons. The highest BCUT2D eigenvalue weighted by Gasteiger charge is 2.27. The van der Waals surface area contributed by atoms with Gasteiger partial charge < -0.3 is 10.4 Å². The Morgan fingerprint density at radius 3 is 2.88 bits per heavy atom. The largest absolute Gasteiger partial charge is 0.481 e. The van der Waals surface area contributed by atoms with Crippen LogP contribution in [0.15, 0.2) is 24.3 Å². The molecular formula is C13H17NO2. The zero-order valence-corrected chi connectivity index (χ0v) is 9.44. The van der Waals surface area contributed by atoms with Crippen LogP contribution in [0, 0.1) is 12.8 Å². The van der Waals surface area contributed by atoms with E-state index in [1.807, 2.05) is 12.1 Å². The fourth-order valence-electron chi connectivity index (χ4n) is 2.36. The summed E-state index contributed by atoms with van der Waals surface area (Å²) >= 11 is 0. The van der Waals surface area contributed by atoms with Crippen molar-refractivity contribution in [2.45, 2.75) is 25.8 Å². The van der Waals surface area contributed by atoms with E-state index >= 15 is 0 Å². The molecule has 1 saturated heterocycles. The molecule has 0 spiro atoms. The first-order chi connectivity index (χ1) is 7.68. The molecule has 1 aromatic rings. The molecule has 0 radical (unpaired) electrons. The van der Waals surface area contributed by atoms with Crippen molar-refractivity contribution in [1.82, 2.24) is 5.32 Å². The van der Waals surface area contributed by atoms with Crippen molar-refractivity contribution < 1.29 is 9.90 Å². The van der Waals surface area contributed by atoms with Crippen LogP contribution in [-0.4, -0.2) is 17.6 Å². The number of hydrogen-bond acceptors (Lipinski definition) is 2. The molecule has 0 aliphatic carbocycles. The Kier molecular flexibility index (Phi) is 3.25. The van der Waals surface area contributed by atoms with E-state index in [9.17, 15) is 4.79 Å². The summed E-state index contributed by atoms with van der Waals surface area (Å²) in [5.74, 6) is -0.869. The van der Waals surface area contributed by atoms with Crippen molar-refractivity contribution >= 4 is 5.97 Å². The van der Waals surface area contributed by atoms with Gasteiger partial charge in [0.2, 0.25) is 0 Å². The van der Waals surface area contributed by atoms with Crippen molar-refractivity contribution in [3.8, 4) is 0 Å². The molecule has 0 saturated carbocycles. The summed E-state index contributed by atoms with van der Waals surface area (Å²) in [6.07, 6.45) is 1.43. The van der Waals surface area contributed by atoms with Gasteiger partial charge in [0.1, 0.15) is 0 Å².